The van der Waals surface area contributed by atoms with Crippen molar-refractivity contribution in [1.82, 2.24) is 10.2 Å². The molecule has 1 saturated heterocycles. The summed E-state index contributed by atoms with van der Waals surface area (Å²) in [6, 6.07) is 4.98. The van der Waals surface area contributed by atoms with Gasteiger partial charge in [-0.25, -0.2) is 0 Å². The van der Waals surface area contributed by atoms with E-state index in [-0.39, 0.29) is 18.3 Å². The molecule has 22 heavy (non-hydrogen) atoms. The van der Waals surface area contributed by atoms with Crippen LogP contribution in [-0.2, 0) is 4.79 Å². The number of rotatable bonds is 5. The number of benzene rings is 1. The molecule has 0 saturated carbocycles. The summed E-state index contributed by atoms with van der Waals surface area (Å²) in [5.41, 5.74) is 0. The van der Waals surface area contributed by atoms with Gasteiger partial charge >= 0.3 is 0 Å². The van der Waals surface area contributed by atoms with Crippen molar-refractivity contribution in [3.63, 3.8) is 0 Å². The summed E-state index contributed by atoms with van der Waals surface area (Å²) in [7, 11) is 1.93. The van der Waals surface area contributed by atoms with Crippen LogP contribution in [0.15, 0.2) is 18.2 Å². The minimum atomic E-state index is -0.558. The first-order chi connectivity index (χ1) is 10.0. The first-order valence-corrected chi connectivity index (χ1v) is 7.82. The van der Waals surface area contributed by atoms with Gasteiger partial charge in [-0.3, -0.25) is 4.79 Å². The monoisotopic (exact) mass is 366 g/mol. The van der Waals surface area contributed by atoms with Crippen molar-refractivity contribution in [2.45, 2.75) is 19.4 Å². The van der Waals surface area contributed by atoms with Gasteiger partial charge in [0.1, 0.15) is 5.75 Å². The molecule has 1 heterocycles. The Morgan fingerprint density at radius 1 is 1.50 bits per heavy atom. The predicted octanol–water partition coefficient (Wildman–Crippen LogP) is 3.25. The van der Waals surface area contributed by atoms with E-state index in [1.165, 1.54) is 0 Å². The van der Waals surface area contributed by atoms with Gasteiger partial charge in [0.15, 0.2) is 6.10 Å². The Balaban J connectivity index is 0.00000242. The largest absolute Gasteiger partial charge is 0.479 e. The molecule has 2 atom stereocenters. The molecule has 0 bridgehead atoms. The van der Waals surface area contributed by atoms with Crippen LogP contribution >= 0.6 is 35.6 Å². The number of hydrogen-bond donors (Lipinski definition) is 1. The molecule has 0 aromatic heterocycles. The van der Waals surface area contributed by atoms with Crippen molar-refractivity contribution >= 4 is 41.5 Å². The second-order valence-corrected chi connectivity index (χ2v) is 6.18. The summed E-state index contributed by atoms with van der Waals surface area (Å²) in [6.07, 6.45) is 0.470. The number of ether oxygens (including phenoxy) is 1. The number of carbonyl (C=O) groups excluding carboxylic acids is 1. The molecule has 7 heteroatoms. The third-order valence-electron chi connectivity index (χ3n) is 3.64. The van der Waals surface area contributed by atoms with E-state index < -0.39 is 6.10 Å². The lowest BCUT2D eigenvalue weighted by atomic mass is 10.1. The fraction of sp³-hybridized carbons (Fsp3) is 0.533. The first-order valence-electron chi connectivity index (χ1n) is 7.06. The van der Waals surface area contributed by atoms with Crippen LogP contribution in [0.25, 0.3) is 0 Å². The van der Waals surface area contributed by atoms with E-state index in [1.807, 2.05) is 11.9 Å². The van der Waals surface area contributed by atoms with Gasteiger partial charge in [-0.15, -0.1) is 12.4 Å². The van der Waals surface area contributed by atoms with Gasteiger partial charge in [0.05, 0.1) is 5.02 Å². The van der Waals surface area contributed by atoms with Crippen LogP contribution < -0.4 is 10.1 Å². The Hall–Kier alpha value is -0.680. The molecule has 1 aromatic rings. The van der Waals surface area contributed by atoms with Crippen LogP contribution in [0.5, 0.6) is 5.75 Å². The Labute approximate surface area is 147 Å². The van der Waals surface area contributed by atoms with Crippen molar-refractivity contribution in [3.05, 3.63) is 28.2 Å². The normalized spacial score (nSPS) is 18.7. The molecule has 0 spiro atoms. The van der Waals surface area contributed by atoms with Crippen molar-refractivity contribution in [2.75, 3.05) is 26.7 Å². The highest BCUT2D eigenvalue weighted by molar-refractivity contribution is 6.35. The van der Waals surface area contributed by atoms with Gasteiger partial charge in [-0.05, 0) is 51.1 Å². The van der Waals surface area contributed by atoms with E-state index in [2.05, 4.69) is 5.32 Å². The standard InChI is InChI=1S/C15H20Cl2N2O2.ClH/c1-10(21-14-4-3-12(16)7-13(14)17)15(20)19-6-5-11(9-19)8-18-2;/h3-4,7,10-11,18H,5-6,8-9H2,1-2H3;1H. The molecule has 1 amide bonds. The fourth-order valence-corrected chi connectivity index (χ4v) is 3.01. The average Bonchev–Trinajstić information content (AvgIpc) is 2.90. The quantitative estimate of drug-likeness (QED) is 0.868. The van der Waals surface area contributed by atoms with Gasteiger partial charge in [0, 0.05) is 18.1 Å². The molecule has 0 aliphatic carbocycles. The lowest BCUT2D eigenvalue weighted by Gasteiger charge is -2.22. The zero-order valence-electron chi connectivity index (χ0n) is 12.6. The van der Waals surface area contributed by atoms with Crippen LogP contribution in [0.2, 0.25) is 10.0 Å². The summed E-state index contributed by atoms with van der Waals surface area (Å²) in [5.74, 6) is 0.998. The fourth-order valence-electron chi connectivity index (χ4n) is 2.56. The maximum atomic E-state index is 12.4. The third-order valence-corrected chi connectivity index (χ3v) is 4.17. The molecular weight excluding hydrogens is 347 g/mol. The SMILES string of the molecule is CNCC1CCN(C(=O)C(C)Oc2ccc(Cl)cc2Cl)C1.Cl. The van der Waals surface area contributed by atoms with Crippen molar-refractivity contribution in [3.8, 4) is 5.75 Å². The number of likely N-dealkylation sites (tertiary alicyclic amines) is 1. The van der Waals surface area contributed by atoms with Crippen LogP contribution in [0.1, 0.15) is 13.3 Å². The van der Waals surface area contributed by atoms with Gasteiger partial charge < -0.3 is 15.0 Å². The van der Waals surface area contributed by atoms with Gasteiger partial charge in [-0.1, -0.05) is 23.2 Å². The van der Waals surface area contributed by atoms with Crippen LogP contribution in [0.3, 0.4) is 0 Å². The first kappa shape index (κ1) is 19.4. The molecule has 4 nitrogen and oxygen atoms in total. The van der Waals surface area contributed by atoms with Gasteiger partial charge in [-0.2, -0.15) is 0 Å². The number of nitrogens with one attached hydrogen (secondary N) is 1. The molecule has 1 aromatic carbocycles. The summed E-state index contributed by atoms with van der Waals surface area (Å²) in [4.78, 5) is 14.2. The third kappa shape index (κ3) is 4.92. The van der Waals surface area contributed by atoms with Crippen molar-refractivity contribution in [1.29, 1.82) is 0 Å². The molecule has 1 aliphatic rings. The van der Waals surface area contributed by atoms with E-state index in [0.29, 0.717) is 21.7 Å². The lowest BCUT2D eigenvalue weighted by molar-refractivity contribution is -0.136. The minimum Gasteiger partial charge on any atom is -0.479 e. The number of carbonyl (C=O) groups is 1. The number of nitrogens with zero attached hydrogens (tertiary/aromatic N) is 1. The Kier molecular flexibility index (Phi) is 7.77. The minimum absolute atomic E-state index is 0. The Bertz CT molecular complexity index is 514. The summed E-state index contributed by atoms with van der Waals surface area (Å²) in [6.45, 7) is 4.25. The van der Waals surface area contributed by atoms with Crippen molar-refractivity contribution < 1.29 is 9.53 Å². The molecular formula is C15H21Cl3N2O2. The van der Waals surface area contributed by atoms with Crippen LogP contribution in [-0.4, -0.2) is 43.6 Å². The molecule has 1 N–H and O–H groups in total. The second-order valence-electron chi connectivity index (χ2n) is 5.33. The topological polar surface area (TPSA) is 41.6 Å². The number of amides is 1. The van der Waals surface area contributed by atoms with E-state index in [0.717, 1.165) is 26.1 Å². The zero-order chi connectivity index (χ0) is 15.4. The highest BCUT2D eigenvalue weighted by Gasteiger charge is 2.29. The highest BCUT2D eigenvalue weighted by atomic mass is 35.5. The smallest absolute Gasteiger partial charge is 0.263 e. The van der Waals surface area contributed by atoms with Crippen LogP contribution in [0, 0.1) is 5.92 Å². The maximum Gasteiger partial charge on any atom is 0.263 e. The average molecular weight is 368 g/mol. The molecule has 124 valence electrons. The Morgan fingerprint density at radius 2 is 2.23 bits per heavy atom. The summed E-state index contributed by atoms with van der Waals surface area (Å²) < 4.78 is 5.67. The van der Waals surface area contributed by atoms with E-state index >= 15 is 0 Å². The zero-order valence-corrected chi connectivity index (χ0v) is 15.0. The highest BCUT2D eigenvalue weighted by Crippen LogP contribution is 2.28. The van der Waals surface area contributed by atoms with Crippen molar-refractivity contribution in [2.24, 2.45) is 5.92 Å². The van der Waals surface area contributed by atoms with E-state index in [1.54, 1.807) is 25.1 Å². The van der Waals surface area contributed by atoms with Crippen LogP contribution in [0.4, 0.5) is 0 Å². The second kappa shape index (κ2) is 8.82. The predicted molar refractivity (Wildman–Crippen MR) is 92.4 cm³/mol. The number of halogens is 3. The molecule has 1 aliphatic heterocycles. The molecule has 0 radical (unpaired) electrons. The molecule has 2 rings (SSSR count). The number of hydrogen-bond acceptors (Lipinski definition) is 3. The lowest BCUT2D eigenvalue weighted by Crippen LogP contribution is -2.39. The Morgan fingerprint density at radius 3 is 2.86 bits per heavy atom. The summed E-state index contributed by atoms with van der Waals surface area (Å²) in [5, 5.41) is 4.11. The molecule has 2 unspecified atom stereocenters. The van der Waals surface area contributed by atoms with E-state index in [4.69, 9.17) is 27.9 Å². The van der Waals surface area contributed by atoms with Gasteiger partial charge in [0.25, 0.3) is 5.91 Å². The van der Waals surface area contributed by atoms with Gasteiger partial charge in [0.2, 0.25) is 0 Å². The molecule has 1 fully saturated rings. The summed E-state index contributed by atoms with van der Waals surface area (Å²) >= 11 is 11.9. The van der Waals surface area contributed by atoms with E-state index in [9.17, 15) is 4.79 Å². The maximum absolute atomic E-state index is 12.4.